The molecule has 0 radical (unpaired) electrons. The average molecular weight is 250 g/mol. The first-order valence-electron chi connectivity index (χ1n) is 7.24. The van der Waals surface area contributed by atoms with Crippen LogP contribution in [-0.4, -0.2) is 40.4 Å². The molecule has 1 fully saturated rings. The summed E-state index contributed by atoms with van der Waals surface area (Å²) in [6.07, 6.45) is 6.81. The molecule has 0 aromatic carbocycles. The minimum atomic E-state index is 0.393. The van der Waals surface area contributed by atoms with Gasteiger partial charge in [-0.1, -0.05) is 6.92 Å². The zero-order valence-corrected chi connectivity index (χ0v) is 11.9. The second-order valence-corrected chi connectivity index (χ2v) is 5.18. The fourth-order valence-electron chi connectivity index (χ4n) is 2.75. The van der Waals surface area contributed by atoms with Crippen molar-refractivity contribution in [2.45, 2.75) is 52.2 Å². The van der Waals surface area contributed by atoms with Crippen molar-refractivity contribution in [3.63, 3.8) is 0 Å². The summed E-state index contributed by atoms with van der Waals surface area (Å²) in [6.45, 7) is 11.1. The third-order valence-electron chi connectivity index (χ3n) is 4.04. The molecule has 2 unspecified atom stereocenters. The van der Waals surface area contributed by atoms with Gasteiger partial charge in [0.05, 0.1) is 6.20 Å². The van der Waals surface area contributed by atoms with Crippen LogP contribution in [0, 0.1) is 0 Å². The molecule has 0 spiro atoms. The first-order chi connectivity index (χ1) is 8.74. The molecule has 0 amide bonds. The van der Waals surface area contributed by atoms with Gasteiger partial charge in [0, 0.05) is 36.9 Å². The Morgan fingerprint density at radius 3 is 2.94 bits per heavy atom. The Labute approximate surface area is 110 Å². The quantitative estimate of drug-likeness (QED) is 0.838. The molecular formula is C14H26N4. The molecule has 2 rings (SSSR count). The van der Waals surface area contributed by atoms with Crippen LogP contribution in [0.4, 0.5) is 0 Å². The summed E-state index contributed by atoms with van der Waals surface area (Å²) in [5, 5.41) is 7.98. The molecule has 2 heterocycles. The van der Waals surface area contributed by atoms with Crippen molar-refractivity contribution in [2.24, 2.45) is 0 Å². The molecule has 0 bridgehead atoms. The fraction of sp³-hybridized carbons (Fsp3) is 0.786. The molecule has 18 heavy (non-hydrogen) atoms. The largest absolute Gasteiger partial charge is 0.309 e. The maximum atomic E-state index is 4.33. The lowest BCUT2D eigenvalue weighted by molar-refractivity contribution is 0.255. The van der Waals surface area contributed by atoms with Crippen LogP contribution in [0.25, 0.3) is 0 Å². The van der Waals surface area contributed by atoms with E-state index in [1.807, 2.05) is 10.9 Å². The first kappa shape index (κ1) is 13.6. The van der Waals surface area contributed by atoms with Crippen molar-refractivity contribution in [2.75, 3.05) is 19.6 Å². The van der Waals surface area contributed by atoms with E-state index in [1.54, 1.807) is 0 Å². The highest BCUT2D eigenvalue weighted by Gasteiger charge is 2.23. The lowest BCUT2D eigenvalue weighted by Crippen LogP contribution is -2.38. The second-order valence-electron chi connectivity index (χ2n) is 5.18. The summed E-state index contributed by atoms with van der Waals surface area (Å²) in [4.78, 5) is 2.58. The van der Waals surface area contributed by atoms with E-state index in [4.69, 9.17) is 0 Å². The Morgan fingerprint density at radius 2 is 2.28 bits per heavy atom. The van der Waals surface area contributed by atoms with Crippen molar-refractivity contribution in [3.05, 3.63) is 18.0 Å². The Hall–Kier alpha value is -0.870. The number of aromatic nitrogens is 2. The van der Waals surface area contributed by atoms with Gasteiger partial charge >= 0.3 is 0 Å². The van der Waals surface area contributed by atoms with Gasteiger partial charge in [0.1, 0.15) is 0 Å². The van der Waals surface area contributed by atoms with Crippen LogP contribution in [0.1, 0.15) is 45.2 Å². The second kappa shape index (κ2) is 6.34. The molecule has 4 heteroatoms. The summed E-state index contributed by atoms with van der Waals surface area (Å²) in [5.41, 5.74) is 1.29. The van der Waals surface area contributed by atoms with Crippen LogP contribution in [0.2, 0.25) is 0 Å². The van der Waals surface area contributed by atoms with Gasteiger partial charge in [0.25, 0.3) is 0 Å². The molecular weight excluding hydrogens is 224 g/mol. The molecule has 1 aromatic heterocycles. The summed E-state index contributed by atoms with van der Waals surface area (Å²) in [7, 11) is 0. The third-order valence-corrected chi connectivity index (χ3v) is 4.04. The van der Waals surface area contributed by atoms with E-state index in [1.165, 1.54) is 31.5 Å². The predicted molar refractivity (Wildman–Crippen MR) is 74.6 cm³/mol. The van der Waals surface area contributed by atoms with E-state index in [-0.39, 0.29) is 0 Å². The van der Waals surface area contributed by atoms with Gasteiger partial charge in [0.15, 0.2) is 0 Å². The SMILES string of the molecule is CCN1CCCC1CNC(C)c1cnn(CC)c1. The maximum absolute atomic E-state index is 4.33. The monoisotopic (exact) mass is 250 g/mol. The molecule has 1 aliphatic heterocycles. The lowest BCUT2D eigenvalue weighted by Gasteiger charge is -2.24. The smallest absolute Gasteiger partial charge is 0.0537 e. The summed E-state index contributed by atoms with van der Waals surface area (Å²) in [5.74, 6) is 0. The van der Waals surface area contributed by atoms with Crippen LogP contribution in [0.3, 0.4) is 0 Å². The van der Waals surface area contributed by atoms with Crippen molar-refractivity contribution in [1.82, 2.24) is 20.0 Å². The number of hydrogen-bond acceptors (Lipinski definition) is 3. The fourth-order valence-corrected chi connectivity index (χ4v) is 2.75. The van der Waals surface area contributed by atoms with Gasteiger partial charge in [-0.3, -0.25) is 9.58 Å². The van der Waals surface area contributed by atoms with Crippen LogP contribution in [0.5, 0.6) is 0 Å². The number of likely N-dealkylation sites (N-methyl/N-ethyl adjacent to an activating group) is 1. The predicted octanol–water partition coefficient (Wildman–Crippen LogP) is 2.04. The molecule has 4 nitrogen and oxygen atoms in total. The molecule has 102 valence electrons. The Morgan fingerprint density at radius 1 is 1.44 bits per heavy atom. The number of nitrogens with one attached hydrogen (secondary N) is 1. The van der Waals surface area contributed by atoms with E-state index in [0.29, 0.717) is 6.04 Å². The van der Waals surface area contributed by atoms with E-state index in [0.717, 1.165) is 19.1 Å². The highest BCUT2D eigenvalue weighted by Crippen LogP contribution is 2.17. The highest BCUT2D eigenvalue weighted by atomic mass is 15.3. The van der Waals surface area contributed by atoms with Crippen molar-refractivity contribution in [3.8, 4) is 0 Å². The van der Waals surface area contributed by atoms with Crippen LogP contribution in [-0.2, 0) is 6.54 Å². The van der Waals surface area contributed by atoms with Gasteiger partial charge in [-0.25, -0.2) is 0 Å². The molecule has 1 saturated heterocycles. The number of likely N-dealkylation sites (tertiary alicyclic amines) is 1. The standard InChI is InChI=1S/C14H26N4/c1-4-17-8-6-7-14(17)10-15-12(3)13-9-16-18(5-2)11-13/h9,11-12,14-15H,4-8,10H2,1-3H3. The first-order valence-corrected chi connectivity index (χ1v) is 7.24. The van der Waals surface area contributed by atoms with Gasteiger partial charge in [0.2, 0.25) is 0 Å². The van der Waals surface area contributed by atoms with Gasteiger partial charge in [-0.15, -0.1) is 0 Å². The zero-order chi connectivity index (χ0) is 13.0. The molecule has 0 aliphatic carbocycles. The number of aryl methyl sites for hydroxylation is 1. The van der Waals surface area contributed by atoms with E-state index >= 15 is 0 Å². The number of nitrogens with zero attached hydrogens (tertiary/aromatic N) is 3. The number of rotatable bonds is 6. The average Bonchev–Trinajstić information content (AvgIpc) is 3.04. The van der Waals surface area contributed by atoms with Crippen molar-refractivity contribution >= 4 is 0 Å². The van der Waals surface area contributed by atoms with Crippen LogP contribution in [0.15, 0.2) is 12.4 Å². The minimum Gasteiger partial charge on any atom is -0.309 e. The van der Waals surface area contributed by atoms with Crippen molar-refractivity contribution < 1.29 is 0 Å². The molecule has 1 aliphatic rings. The van der Waals surface area contributed by atoms with E-state index in [9.17, 15) is 0 Å². The zero-order valence-electron chi connectivity index (χ0n) is 11.9. The maximum Gasteiger partial charge on any atom is 0.0537 e. The molecule has 2 atom stereocenters. The molecule has 0 saturated carbocycles. The van der Waals surface area contributed by atoms with Crippen LogP contribution < -0.4 is 5.32 Å². The summed E-state index contributed by atoms with van der Waals surface area (Å²) >= 11 is 0. The molecule has 1 aromatic rings. The minimum absolute atomic E-state index is 0.393. The number of hydrogen-bond donors (Lipinski definition) is 1. The Balaban J connectivity index is 1.82. The molecule has 1 N–H and O–H groups in total. The normalized spacial score (nSPS) is 22.5. The van der Waals surface area contributed by atoms with E-state index < -0.39 is 0 Å². The van der Waals surface area contributed by atoms with Gasteiger partial charge < -0.3 is 5.32 Å². The van der Waals surface area contributed by atoms with Gasteiger partial charge in [-0.2, -0.15) is 5.10 Å². The lowest BCUT2D eigenvalue weighted by atomic mass is 10.1. The van der Waals surface area contributed by atoms with E-state index in [2.05, 4.69) is 42.3 Å². The Kier molecular flexibility index (Phi) is 4.78. The van der Waals surface area contributed by atoms with Gasteiger partial charge in [-0.05, 0) is 39.8 Å². The topological polar surface area (TPSA) is 33.1 Å². The summed E-state index contributed by atoms with van der Waals surface area (Å²) in [6, 6.07) is 1.11. The third kappa shape index (κ3) is 3.12. The van der Waals surface area contributed by atoms with Crippen LogP contribution >= 0.6 is 0 Å². The summed E-state index contributed by atoms with van der Waals surface area (Å²) < 4.78 is 1.99. The highest BCUT2D eigenvalue weighted by molar-refractivity contribution is 5.09. The Bertz CT molecular complexity index is 360. The van der Waals surface area contributed by atoms with Crippen molar-refractivity contribution in [1.29, 1.82) is 0 Å².